The van der Waals surface area contributed by atoms with E-state index in [9.17, 15) is 0 Å². The van der Waals surface area contributed by atoms with Crippen molar-refractivity contribution in [2.24, 2.45) is 11.8 Å². The third kappa shape index (κ3) is 5.55. The van der Waals surface area contributed by atoms with E-state index in [0.29, 0.717) is 11.8 Å². The SMILES string of the molecule is CC(C)CNCC(=Cc1cc(Br)c(Br)s1)C(C)C. The summed E-state index contributed by atoms with van der Waals surface area (Å²) >= 11 is 8.84. The average Bonchev–Trinajstić information content (AvgIpc) is 2.56. The molecule has 0 bridgehead atoms. The van der Waals surface area contributed by atoms with Crippen molar-refractivity contribution in [1.82, 2.24) is 5.32 Å². The molecule has 0 radical (unpaired) electrons. The molecule has 1 rings (SSSR count). The zero-order valence-electron chi connectivity index (χ0n) is 11.4. The van der Waals surface area contributed by atoms with Crippen LogP contribution in [0.15, 0.2) is 19.9 Å². The van der Waals surface area contributed by atoms with Crippen molar-refractivity contribution in [2.75, 3.05) is 13.1 Å². The summed E-state index contributed by atoms with van der Waals surface area (Å²) in [5.41, 5.74) is 1.46. The molecule has 0 spiro atoms. The van der Waals surface area contributed by atoms with E-state index >= 15 is 0 Å². The van der Waals surface area contributed by atoms with Gasteiger partial charge in [0.2, 0.25) is 0 Å². The number of thiophene rings is 1. The molecule has 0 aliphatic carbocycles. The molecule has 0 aromatic carbocycles. The molecule has 0 fully saturated rings. The van der Waals surface area contributed by atoms with Crippen LogP contribution in [-0.4, -0.2) is 13.1 Å². The van der Waals surface area contributed by atoms with Crippen LogP contribution in [0, 0.1) is 11.8 Å². The second-order valence-corrected chi connectivity index (χ2v) is 8.43. The monoisotopic (exact) mass is 393 g/mol. The average molecular weight is 395 g/mol. The summed E-state index contributed by atoms with van der Waals surface area (Å²) in [6, 6.07) is 2.17. The van der Waals surface area contributed by atoms with Gasteiger partial charge in [-0.25, -0.2) is 0 Å². The molecule has 0 saturated heterocycles. The van der Waals surface area contributed by atoms with Crippen LogP contribution in [0.2, 0.25) is 0 Å². The van der Waals surface area contributed by atoms with E-state index in [4.69, 9.17) is 0 Å². The minimum Gasteiger partial charge on any atom is -0.313 e. The van der Waals surface area contributed by atoms with Gasteiger partial charge in [0.05, 0.1) is 3.79 Å². The summed E-state index contributed by atoms with van der Waals surface area (Å²) in [7, 11) is 0. The lowest BCUT2D eigenvalue weighted by Crippen LogP contribution is -2.23. The van der Waals surface area contributed by atoms with Gasteiger partial charge in [0.25, 0.3) is 0 Å². The molecule has 0 aliphatic rings. The van der Waals surface area contributed by atoms with Crippen LogP contribution in [0.5, 0.6) is 0 Å². The first-order valence-corrected chi connectivity index (χ1v) is 8.66. The van der Waals surface area contributed by atoms with Gasteiger partial charge < -0.3 is 5.32 Å². The Kier molecular flexibility index (Phi) is 7.14. The molecule has 1 aromatic heterocycles. The first-order valence-electron chi connectivity index (χ1n) is 6.26. The van der Waals surface area contributed by atoms with Gasteiger partial charge in [0.1, 0.15) is 0 Å². The van der Waals surface area contributed by atoms with Gasteiger partial charge in [-0.15, -0.1) is 11.3 Å². The number of halogens is 2. The third-order valence-corrected chi connectivity index (χ3v) is 5.82. The molecule has 1 aromatic rings. The Labute approximate surface area is 131 Å². The molecule has 0 aliphatic heterocycles. The third-order valence-electron chi connectivity index (χ3n) is 2.62. The second kappa shape index (κ2) is 7.83. The quantitative estimate of drug-likeness (QED) is 0.665. The van der Waals surface area contributed by atoms with E-state index < -0.39 is 0 Å². The normalized spacial score (nSPS) is 12.8. The molecule has 4 heteroatoms. The summed E-state index contributed by atoms with van der Waals surface area (Å²) in [5.74, 6) is 1.27. The van der Waals surface area contributed by atoms with Crippen molar-refractivity contribution in [3.8, 4) is 0 Å². The van der Waals surface area contributed by atoms with Crippen molar-refractivity contribution in [1.29, 1.82) is 0 Å². The molecule has 0 unspecified atom stereocenters. The summed E-state index contributed by atoms with van der Waals surface area (Å²) in [6.07, 6.45) is 2.30. The van der Waals surface area contributed by atoms with E-state index in [-0.39, 0.29) is 0 Å². The molecule has 1 heterocycles. The maximum Gasteiger partial charge on any atom is 0.0846 e. The topological polar surface area (TPSA) is 12.0 Å². The fourth-order valence-corrected chi connectivity index (χ4v) is 3.61. The minimum atomic E-state index is 0.573. The van der Waals surface area contributed by atoms with Gasteiger partial charge in [0.15, 0.2) is 0 Å². The number of hydrogen-bond donors (Lipinski definition) is 1. The molecule has 1 N–H and O–H groups in total. The van der Waals surface area contributed by atoms with Crippen LogP contribution < -0.4 is 5.32 Å². The highest BCUT2D eigenvalue weighted by Gasteiger charge is 2.07. The maximum atomic E-state index is 3.54. The van der Waals surface area contributed by atoms with Crippen molar-refractivity contribution >= 4 is 49.3 Å². The van der Waals surface area contributed by atoms with Crippen molar-refractivity contribution in [3.63, 3.8) is 0 Å². The van der Waals surface area contributed by atoms with Crippen molar-refractivity contribution < 1.29 is 0 Å². The molecule has 102 valence electrons. The van der Waals surface area contributed by atoms with E-state index in [0.717, 1.165) is 21.3 Å². The predicted molar refractivity (Wildman–Crippen MR) is 90.2 cm³/mol. The summed E-state index contributed by atoms with van der Waals surface area (Å²) < 4.78 is 2.30. The Morgan fingerprint density at radius 1 is 1.33 bits per heavy atom. The minimum absolute atomic E-state index is 0.573. The summed E-state index contributed by atoms with van der Waals surface area (Å²) in [6.45, 7) is 11.0. The Hall–Kier alpha value is 0.360. The Morgan fingerprint density at radius 3 is 2.44 bits per heavy atom. The highest BCUT2D eigenvalue weighted by atomic mass is 79.9. The van der Waals surface area contributed by atoms with Crippen LogP contribution in [-0.2, 0) is 0 Å². The van der Waals surface area contributed by atoms with Gasteiger partial charge in [-0.2, -0.15) is 0 Å². The highest BCUT2D eigenvalue weighted by Crippen LogP contribution is 2.34. The standard InChI is InChI=1S/C14H21Br2NS/c1-9(2)7-17-8-11(10(3)4)5-12-6-13(15)14(16)18-12/h5-6,9-10,17H,7-8H2,1-4H3. The fourth-order valence-electron chi connectivity index (χ4n) is 1.54. The smallest absolute Gasteiger partial charge is 0.0846 e. The first-order chi connectivity index (χ1) is 8.40. The molecule has 0 amide bonds. The number of hydrogen-bond acceptors (Lipinski definition) is 2. The predicted octanol–water partition coefficient (Wildman–Crippen LogP) is 5.56. The van der Waals surface area contributed by atoms with Gasteiger partial charge in [0, 0.05) is 15.9 Å². The van der Waals surface area contributed by atoms with E-state index in [1.165, 1.54) is 10.5 Å². The van der Waals surface area contributed by atoms with E-state index in [1.54, 1.807) is 11.3 Å². The van der Waals surface area contributed by atoms with Gasteiger partial charge >= 0.3 is 0 Å². The van der Waals surface area contributed by atoms with Crippen LogP contribution >= 0.6 is 43.2 Å². The highest BCUT2D eigenvalue weighted by molar-refractivity contribution is 9.13. The van der Waals surface area contributed by atoms with Crippen LogP contribution in [0.1, 0.15) is 32.6 Å². The van der Waals surface area contributed by atoms with E-state index in [1.807, 2.05) is 0 Å². The Morgan fingerprint density at radius 2 is 2.00 bits per heavy atom. The Balaban J connectivity index is 2.71. The van der Waals surface area contributed by atoms with Crippen LogP contribution in [0.4, 0.5) is 0 Å². The lowest BCUT2D eigenvalue weighted by atomic mass is 10.0. The number of rotatable bonds is 6. The molecular weight excluding hydrogens is 374 g/mol. The molecule has 0 saturated carbocycles. The molecule has 0 atom stereocenters. The largest absolute Gasteiger partial charge is 0.313 e. The lowest BCUT2D eigenvalue weighted by molar-refractivity contribution is 0.558. The number of nitrogens with one attached hydrogen (secondary N) is 1. The molecule has 1 nitrogen and oxygen atoms in total. The van der Waals surface area contributed by atoms with Crippen LogP contribution in [0.25, 0.3) is 6.08 Å². The zero-order chi connectivity index (χ0) is 13.7. The molecular formula is C14H21Br2NS. The second-order valence-electron chi connectivity index (χ2n) is 5.17. The van der Waals surface area contributed by atoms with Gasteiger partial charge in [-0.3, -0.25) is 0 Å². The van der Waals surface area contributed by atoms with Crippen molar-refractivity contribution in [2.45, 2.75) is 27.7 Å². The van der Waals surface area contributed by atoms with Crippen LogP contribution in [0.3, 0.4) is 0 Å². The van der Waals surface area contributed by atoms with Gasteiger partial charge in [-0.1, -0.05) is 33.3 Å². The lowest BCUT2D eigenvalue weighted by Gasteiger charge is -2.13. The Bertz CT molecular complexity index is 388. The fraction of sp³-hybridized carbons (Fsp3) is 0.571. The van der Waals surface area contributed by atoms with Crippen molar-refractivity contribution in [3.05, 3.63) is 24.8 Å². The van der Waals surface area contributed by atoms with E-state index in [2.05, 4.69) is 77.0 Å². The summed E-state index contributed by atoms with van der Waals surface area (Å²) in [5, 5.41) is 3.52. The summed E-state index contributed by atoms with van der Waals surface area (Å²) in [4.78, 5) is 1.30. The van der Waals surface area contributed by atoms with Gasteiger partial charge in [-0.05, 0) is 62.4 Å². The first kappa shape index (κ1) is 16.4. The zero-order valence-corrected chi connectivity index (χ0v) is 15.4. The molecule has 18 heavy (non-hydrogen) atoms. The maximum absolute atomic E-state index is 3.54.